The summed E-state index contributed by atoms with van der Waals surface area (Å²) in [4.78, 5) is 10.2. The molecule has 108 valence electrons. The van der Waals surface area contributed by atoms with E-state index in [9.17, 15) is 0 Å². The fraction of sp³-hybridized carbons (Fsp3) is 0.176. The molecule has 0 fully saturated rings. The quantitative estimate of drug-likeness (QED) is 0.756. The highest BCUT2D eigenvalue weighted by Crippen LogP contribution is 2.27. The third-order valence-corrected chi connectivity index (χ3v) is 5.03. The average molecular weight is 305 g/mol. The molecule has 1 N–H and O–H groups in total. The minimum atomic E-state index is 0.654. The molecule has 0 unspecified atom stereocenters. The van der Waals surface area contributed by atoms with Crippen LogP contribution in [0.3, 0.4) is 0 Å². The Morgan fingerprint density at radius 3 is 2.82 bits per heavy atom. The SMILES string of the molecule is Bc1ccc(-c2ccnc(Nc3ccc4c(c3)CCC4)n2)s1. The second kappa shape index (κ2) is 5.57. The molecule has 0 saturated heterocycles. The van der Waals surface area contributed by atoms with Crippen LogP contribution in [0.25, 0.3) is 10.6 Å². The summed E-state index contributed by atoms with van der Waals surface area (Å²) >= 11 is 1.75. The number of aromatic nitrogens is 2. The van der Waals surface area contributed by atoms with Crippen LogP contribution in [0.5, 0.6) is 0 Å². The zero-order valence-corrected chi connectivity index (χ0v) is 13.3. The molecule has 0 saturated carbocycles. The van der Waals surface area contributed by atoms with Gasteiger partial charge in [0, 0.05) is 11.9 Å². The minimum absolute atomic E-state index is 0.654. The van der Waals surface area contributed by atoms with E-state index in [1.54, 1.807) is 11.3 Å². The molecule has 3 nitrogen and oxygen atoms in total. The lowest BCUT2D eigenvalue weighted by Gasteiger charge is -2.08. The van der Waals surface area contributed by atoms with E-state index < -0.39 is 0 Å². The molecular weight excluding hydrogens is 289 g/mol. The summed E-state index contributed by atoms with van der Waals surface area (Å²) in [5, 5.41) is 3.33. The Kier molecular flexibility index (Phi) is 3.43. The molecule has 1 aliphatic carbocycles. The van der Waals surface area contributed by atoms with E-state index in [0.717, 1.165) is 11.4 Å². The summed E-state index contributed by atoms with van der Waals surface area (Å²) in [6.07, 6.45) is 5.47. The predicted molar refractivity (Wildman–Crippen MR) is 95.3 cm³/mol. The lowest BCUT2D eigenvalue weighted by molar-refractivity contribution is 0.912. The monoisotopic (exact) mass is 305 g/mol. The zero-order valence-electron chi connectivity index (χ0n) is 12.5. The Morgan fingerprint density at radius 2 is 1.95 bits per heavy atom. The number of thiophene rings is 1. The molecule has 0 radical (unpaired) electrons. The third-order valence-electron chi connectivity index (χ3n) is 4.00. The maximum atomic E-state index is 4.63. The Balaban J connectivity index is 1.61. The number of aryl methyl sites for hydroxylation is 2. The van der Waals surface area contributed by atoms with Crippen molar-refractivity contribution < 1.29 is 0 Å². The van der Waals surface area contributed by atoms with Crippen molar-refractivity contribution in [3.05, 3.63) is 53.7 Å². The highest BCUT2D eigenvalue weighted by Gasteiger charge is 2.11. The van der Waals surface area contributed by atoms with Crippen LogP contribution in [0.4, 0.5) is 11.6 Å². The van der Waals surface area contributed by atoms with Crippen molar-refractivity contribution in [2.45, 2.75) is 19.3 Å². The van der Waals surface area contributed by atoms with Gasteiger partial charge in [-0.2, -0.15) is 0 Å². The maximum absolute atomic E-state index is 4.63. The normalized spacial score (nSPS) is 13.1. The summed E-state index contributed by atoms with van der Waals surface area (Å²) in [5.41, 5.74) is 4.97. The van der Waals surface area contributed by atoms with Crippen molar-refractivity contribution in [1.29, 1.82) is 0 Å². The van der Waals surface area contributed by atoms with Gasteiger partial charge < -0.3 is 5.32 Å². The molecule has 0 bridgehead atoms. The number of anilines is 2. The number of nitrogens with zero attached hydrogens (tertiary/aromatic N) is 2. The van der Waals surface area contributed by atoms with Crippen LogP contribution in [-0.2, 0) is 12.8 Å². The summed E-state index contributed by atoms with van der Waals surface area (Å²) < 4.78 is 1.29. The van der Waals surface area contributed by atoms with Gasteiger partial charge in [0.15, 0.2) is 7.85 Å². The Hall–Kier alpha value is -2.14. The molecule has 1 aromatic carbocycles. The van der Waals surface area contributed by atoms with Crippen molar-refractivity contribution in [2.24, 2.45) is 0 Å². The van der Waals surface area contributed by atoms with Crippen molar-refractivity contribution in [3.8, 4) is 10.6 Å². The second-order valence-electron chi connectivity index (χ2n) is 5.64. The molecule has 1 aliphatic rings. The first kappa shape index (κ1) is 13.5. The number of rotatable bonds is 3. The van der Waals surface area contributed by atoms with Crippen LogP contribution in [0.1, 0.15) is 17.5 Å². The van der Waals surface area contributed by atoms with E-state index >= 15 is 0 Å². The van der Waals surface area contributed by atoms with Gasteiger partial charge in [-0.3, -0.25) is 0 Å². The van der Waals surface area contributed by atoms with E-state index in [2.05, 4.69) is 53.5 Å². The zero-order chi connectivity index (χ0) is 14.9. The van der Waals surface area contributed by atoms with Gasteiger partial charge in [-0.05, 0) is 59.4 Å². The number of benzene rings is 1. The van der Waals surface area contributed by atoms with E-state index in [1.807, 2.05) is 12.3 Å². The van der Waals surface area contributed by atoms with Crippen LogP contribution >= 0.6 is 11.3 Å². The van der Waals surface area contributed by atoms with Crippen LogP contribution in [0.2, 0.25) is 0 Å². The average Bonchev–Trinajstić information content (AvgIpc) is 3.16. The molecule has 0 spiro atoms. The van der Waals surface area contributed by atoms with Gasteiger partial charge in [0.1, 0.15) is 0 Å². The van der Waals surface area contributed by atoms with Crippen LogP contribution in [-0.4, -0.2) is 17.8 Å². The molecule has 0 amide bonds. The molecule has 0 atom stereocenters. The van der Waals surface area contributed by atoms with Gasteiger partial charge in [0.2, 0.25) is 5.95 Å². The molecule has 22 heavy (non-hydrogen) atoms. The first-order chi connectivity index (χ1) is 10.8. The van der Waals surface area contributed by atoms with Gasteiger partial charge >= 0.3 is 0 Å². The molecule has 0 aliphatic heterocycles. The Labute approximate surface area is 134 Å². The smallest absolute Gasteiger partial charge is 0.227 e. The van der Waals surface area contributed by atoms with E-state index in [-0.39, 0.29) is 0 Å². The van der Waals surface area contributed by atoms with E-state index in [1.165, 1.54) is 40.0 Å². The van der Waals surface area contributed by atoms with Gasteiger partial charge in [-0.25, -0.2) is 9.97 Å². The topological polar surface area (TPSA) is 37.8 Å². The Morgan fingerprint density at radius 1 is 1.05 bits per heavy atom. The Bertz CT molecular complexity index is 828. The van der Waals surface area contributed by atoms with Crippen molar-refractivity contribution in [1.82, 2.24) is 9.97 Å². The minimum Gasteiger partial charge on any atom is -0.324 e. The molecule has 4 rings (SSSR count). The first-order valence-electron chi connectivity index (χ1n) is 7.57. The molecular formula is C17H16BN3S. The summed E-state index contributed by atoms with van der Waals surface area (Å²) in [7, 11) is 2.11. The summed E-state index contributed by atoms with van der Waals surface area (Å²) in [5.74, 6) is 0.654. The number of hydrogen-bond acceptors (Lipinski definition) is 4. The third kappa shape index (κ3) is 2.64. The van der Waals surface area contributed by atoms with Gasteiger partial charge in [-0.1, -0.05) is 12.1 Å². The second-order valence-corrected chi connectivity index (χ2v) is 6.93. The van der Waals surface area contributed by atoms with Crippen molar-refractivity contribution >= 4 is 35.6 Å². The summed E-state index contributed by atoms with van der Waals surface area (Å²) in [6.45, 7) is 0. The highest BCUT2D eigenvalue weighted by molar-refractivity contribution is 7.23. The predicted octanol–water partition coefficient (Wildman–Crippen LogP) is 2.70. The maximum Gasteiger partial charge on any atom is 0.227 e. The first-order valence-corrected chi connectivity index (χ1v) is 8.38. The van der Waals surface area contributed by atoms with E-state index in [0.29, 0.717) is 5.95 Å². The molecule has 5 heteroatoms. The van der Waals surface area contributed by atoms with Crippen molar-refractivity contribution in [2.75, 3.05) is 5.32 Å². The van der Waals surface area contributed by atoms with Crippen LogP contribution in [0, 0.1) is 0 Å². The number of nitrogens with one attached hydrogen (secondary N) is 1. The van der Waals surface area contributed by atoms with E-state index in [4.69, 9.17) is 0 Å². The number of fused-ring (bicyclic) bond motifs is 1. The molecule has 2 heterocycles. The lowest BCUT2D eigenvalue weighted by Crippen LogP contribution is -1.98. The van der Waals surface area contributed by atoms with Gasteiger partial charge in [0.05, 0.1) is 10.6 Å². The fourth-order valence-corrected chi connectivity index (χ4v) is 3.74. The lowest BCUT2D eigenvalue weighted by atomic mass is 10.1. The number of hydrogen-bond donors (Lipinski definition) is 1. The molecule has 2 aromatic heterocycles. The van der Waals surface area contributed by atoms with Gasteiger partial charge in [-0.15, -0.1) is 11.3 Å². The fourth-order valence-electron chi connectivity index (χ4n) is 2.91. The standard InChI is InChI=1S/C17H16BN3S/c18-16-7-6-15(22-16)14-8-9-19-17(21-14)20-13-5-4-11-2-1-3-12(11)10-13/h4-10H,1-3,18H2,(H,19,20,21). The molecule has 3 aromatic rings. The van der Waals surface area contributed by atoms with Crippen LogP contribution in [0.15, 0.2) is 42.6 Å². The largest absolute Gasteiger partial charge is 0.324 e. The highest BCUT2D eigenvalue weighted by atomic mass is 32.1. The van der Waals surface area contributed by atoms with Gasteiger partial charge in [0.25, 0.3) is 0 Å². The van der Waals surface area contributed by atoms with Crippen LogP contribution < -0.4 is 10.1 Å². The summed E-state index contributed by atoms with van der Waals surface area (Å²) in [6, 6.07) is 12.8. The van der Waals surface area contributed by atoms with Crippen molar-refractivity contribution in [3.63, 3.8) is 0 Å².